The molecule has 184 valence electrons. The number of nitrogens with one attached hydrogen (secondary N) is 2. The second-order valence-electron chi connectivity index (χ2n) is 8.09. The number of rotatable bonds is 10. The van der Waals surface area contributed by atoms with E-state index in [1.165, 1.54) is 0 Å². The Bertz CT molecular complexity index is 1210. The normalized spacial score (nSPS) is 14.8. The molecule has 2 aromatic carbocycles. The van der Waals surface area contributed by atoms with E-state index < -0.39 is 6.04 Å². The first-order chi connectivity index (χ1) is 17.0. The summed E-state index contributed by atoms with van der Waals surface area (Å²) in [4.78, 5) is 18.3. The summed E-state index contributed by atoms with van der Waals surface area (Å²) in [7, 11) is 1.61. The summed E-state index contributed by atoms with van der Waals surface area (Å²) >= 11 is 1.62. The standard InChI is InChI=1S/C26H31N5O3S/c1-5-7-15-35-26-29-25-27-17(3)22(24(32)28-19-11-9-8-10-12-19)23(31(25)30-26)18-13-14-20(33-4)21(16-18)34-6-2/h8-14,16,23H,5-7,15H2,1-4H3,(H,28,32)(H,27,29,30). The first-order valence-corrected chi connectivity index (χ1v) is 12.8. The zero-order valence-corrected chi connectivity index (χ0v) is 21.3. The van der Waals surface area contributed by atoms with Gasteiger partial charge < -0.3 is 20.1 Å². The average Bonchev–Trinajstić information content (AvgIpc) is 3.26. The number of anilines is 2. The van der Waals surface area contributed by atoms with Crippen molar-refractivity contribution in [2.24, 2.45) is 0 Å². The Hall–Kier alpha value is -3.46. The highest BCUT2D eigenvalue weighted by Gasteiger charge is 2.35. The Morgan fingerprint density at radius 3 is 2.69 bits per heavy atom. The van der Waals surface area contributed by atoms with E-state index in [0.717, 1.165) is 35.5 Å². The van der Waals surface area contributed by atoms with Crippen LogP contribution in [0.4, 0.5) is 11.6 Å². The number of carbonyl (C=O) groups is 1. The van der Waals surface area contributed by atoms with Crippen molar-refractivity contribution < 1.29 is 14.3 Å². The molecule has 1 atom stereocenters. The number of benzene rings is 2. The van der Waals surface area contributed by atoms with Crippen molar-refractivity contribution >= 4 is 29.3 Å². The van der Waals surface area contributed by atoms with E-state index in [4.69, 9.17) is 19.6 Å². The molecule has 35 heavy (non-hydrogen) atoms. The minimum atomic E-state index is -0.493. The second kappa shape index (κ2) is 11.3. The summed E-state index contributed by atoms with van der Waals surface area (Å²) in [6.07, 6.45) is 2.20. The molecule has 1 aliphatic rings. The van der Waals surface area contributed by atoms with E-state index in [1.54, 1.807) is 23.6 Å². The minimum Gasteiger partial charge on any atom is -0.493 e. The van der Waals surface area contributed by atoms with Crippen LogP contribution in [-0.4, -0.2) is 40.1 Å². The quantitative estimate of drug-likeness (QED) is 0.284. The van der Waals surface area contributed by atoms with Gasteiger partial charge in [0.15, 0.2) is 11.5 Å². The van der Waals surface area contributed by atoms with Crippen molar-refractivity contribution in [1.82, 2.24) is 14.8 Å². The monoisotopic (exact) mass is 493 g/mol. The zero-order valence-electron chi connectivity index (χ0n) is 20.5. The van der Waals surface area contributed by atoms with E-state index in [2.05, 4.69) is 17.6 Å². The largest absolute Gasteiger partial charge is 0.493 e. The van der Waals surface area contributed by atoms with Gasteiger partial charge in [-0.05, 0) is 50.1 Å². The lowest BCUT2D eigenvalue weighted by Crippen LogP contribution is -2.31. The average molecular weight is 494 g/mol. The zero-order chi connectivity index (χ0) is 24.8. The highest BCUT2D eigenvalue weighted by molar-refractivity contribution is 7.99. The molecule has 0 saturated carbocycles. The number of fused-ring (bicyclic) bond motifs is 1. The van der Waals surface area contributed by atoms with Crippen molar-refractivity contribution in [2.75, 3.05) is 30.1 Å². The van der Waals surface area contributed by atoms with E-state index >= 15 is 0 Å². The predicted octanol–water partition coefficient (Wildman–Crippen LogP) is 5.51. The maximum absolute atomic E-state index is 13.6. The Morgan fingerprint density at radius 2 is 1.97 bits per heavy atom. The predicted molar refractivity (Wildman–Crippen MR) is 139 cm³/mol. The molecule has 0 bridgehead atoms. The molecule has 1 aliphatic heterocycles. The van der Waals surface area contributed by atoms with E-state index in [-0.39, 0.29) is 5.91 Å². The highest BCUT2D eigenvalue weighted by atomic mass is 32.2. The van der Waals surface area contributed by atoms with E-state index in [9.17, 15) is 4.79 Å². The molecule has 1 aromatic heterocycles. The van der Waals surface area contributed by atoms with Gasteiger partial charge >= 0.3 is 0 Å². The topological polar surface area (TPSA) is 90.3 Å². The first-order valence-electron chi connectivity index (χ1n) is 11.8. The number of unbranched alkanes of at least 4 members (excludes halogenated alkanes) is 1. The summed E-state index contributed by atoms with van der Waals surface area (Å²) < 4.78 is 13.1. The number of amides is 1. The van der Waals surface area contributed by atoms with Gasteiger partial charge in [0, 0.05) is 17.1 Å². The summed E-state index contributed by atoms with van der Waals surface area (Å²) in [5.74, 6) is 2.59. The van der Waals surface area contributed by atoms with Crippen LogP contribution in [0.15, 0.2) is 65.0 Å². The third-order valence-corrected chi connectivity index (χ3v) is 6.57. The highest BCUT2D eigenvalue weighted by Crippen LogP contribution is 2.39. The number of nitrogens with zero attached hydrogens (tertiary/aromatic N) is 3. The number of ether oxygens (including phenoxy) is 2. The Balaban J connectivity index is 1.77. The molecule has 2 heterocycles. The Labute approximate surface area is 210 Å². The fourth-order valence-corrected chi connectivity index (χ4v) is 4.87. The number of thioether (sulfide) groups is 1. The molecule has 8 nitrogen and oxygen atoms in total. The number of methoxy groups -OCH3 is 1. The van der Waals surface area contributed by atoms with Crippen LogP contribution < -0.4 is 20.1 Å². The van der Waals surface area contributed by atoms with Crippen molar-refractivity contribution in [3.63, 3.8) is 0 Å². The van der Waals surface area contributed by atoms with Gasteiger partial charge in [0.25, 0.3) is 5.91 Å². The summed E-state index contributed by atoms with van der Waals surface area (Å²) in [6, 6.07) is 14.6. The Morgan fingerprint density at radius 1 is 1.17 bits per heavy atom. The Kier molecular flexibility index (Phi) is 7.97. The van der Waals surface area contributed by atoms with Gasteiger partial charge in [-0.25, -0.2) is 4.68 Å². The fraction of sp³-hybridized carbons (Fsp3) is 0.346. The van der Waals surface area contributed by atoms with Crippen molar-refractivity contribution in [2.45, 2.75) is 44.8 Å². The first kappa shape index (κ1) is 24.7. The number of carbonyl (C=O) groups excluding carboxylic acids is 1. The van der Waals surface area contributed by atoms with E-state index in [1.807, 2.05) is 62.4 Å². The summed E-state index contributed by atoms with van der Waals surface area (Å²) in [5.41, 5.74) is 2.86. The molecule has 9 heteroatoms. The van der Waals surface area contributed by atoms with Crippen LogP contribution >= 0.6 is 11.8 Å². The van der Waals surface area contributed by atoms with Crippen molar-refractivity contribution in [3.05, 3.63) is 65.4 Å². The maximum atomic E-state index is 13.6. The smallest absolute Gasteiger partial charge is 0.255 e. The second-order valence-corrected chi connectivity index (χ2v) is 9.16. The molecular weight excluding hydrogens is 462 g/mol. The number of para-hydroxylation sites is 1. The minimum absolute atomic E-state index is 0.207. The van der Waals surface area contributed by atoms with Gasteiger partial charge in [-0.1, -0.05) is 49.4 Å². The number of hydrogen-bond donors (Lipinski definition) is 2. The van der Waals surface area contributed by atoms with Gasteiger partial charge in [-0.15, -0.1) is 5.10 Å². The third-order valence-electron chi connectivity index (χ3n) is 5.64. The van der Waals surface area contributed by atoms with Crippen LogP contribution in [0.2, 0.25) is 0 Å². The lowest BCUT2D eigenvalue weighted by molar-refractivity contribution is -0.113. The van der Waals surface area contributed by atoms with Gasteiger partial charge in [0.05, 0.1) is 19.3 Å². The van der Waals surface area contributed by atoms with Crippen LogP contribution in [-0.2, 0) is 4.79 Å². The van der Waals surface area contributed by atoms with Crippen LogP contribution in [0.3, 0.4) is 0 Å². The molecule has 1 amide bonds. The van der Waals surface area contributed by atoms with E-state index in [0.29, 0.717) is 34.8 Å². The summed E-state index contributed by atoms with van der Waals surface area (Å²) in [5, 5.41) is 11.8. The van der Waals surface area contributed by atoms with Gasteiger partial charge in [-0.2, -0.15) is 4.98 Å². The van der Waals surface area contributed by atoms with Gasteiger partial charge in [0.2, 0.25) is 11.1 Å². The molecule has 0 spiro atoms. The SMILES string of the molecule is CCCCSc1nc2n(n1)C(c1ccc(OC)c(OCC)c1)C(C(=O)Nc1ccccc1)=C(C)N2. The molecule has 2 N–H and O–H groups in total. The molecule has 4 rings (SSSR count). The third kappa shape index (κ3) is 5.45. The molecule has 0 saturated heterocycles. The molecule has 0 aliphatic carbocycles. The number of allylic oxidation sites excluding steroid dienone is 1. The van der Waals surface area contributed by atoms with Crippen molar-refractivity contribution in [1.29, 1.82) is 0 Å². The van der Waals surface area contributed by atoms with Crippen LogP contribution in [0.1, 0.15) is 45.2 Å². The molecule has 3 aromatic rings. The maximum Gasteiger partial charge on any atom is 0.255 e. The van der Waals surface area contributed by atoms with Crippen LogP contribution in [0.25, 0.3) is 0 Å². The van der Waals surface area contributed by atoms with Gasteiger partial charge in [0.1, 0.15) is 6.04 Å². The van der Waals surface area contributed by atoms with Gasteiger partial charge in [-0.3, -0.25) is 4.79 Å². The molecule has 0 fully saturated rings. The number of aromatic nitrogens is 3. The fourth-order valence-electron chi connectivity index (χ4n) is 3.95. The molecule has 0 radical (unpaired) electrons. The number of hydrogen-bond acceptors (Lipinski definition) is 7. The molecular formula is C26H31N5O3S. The lowest BCUT2D eigenvalue weighted by Gasteiger charge is -2.29. The van der Waals surface area contributed by atoms with Crippen LogP contribution in [0, 0.1) is 0 Å². The lowest BCUT2D eigenvalue weighted by atomic mass is 9.94. The van der Waals surface area contributed by atoms with Crippen LogP contribution in [0.5, 0.6) is 11.5 Å². The summed E-state index contributed by atoms with van der Waals surface area (Å²) in [6.45, 7) is 6.47. The molecule has 1 unspecified atom stereocenters. The van der Waals surface area contributed by atoms with Crippen molar-refractivity contribution in [3.8, 4) is 11.5 Å².